The summed E-state index contributed by atoms with van der Waals surface area (Å²) < 4.78 is 47.3. The minimum absolute atomic E-state index is 0.195. The van der Waals surface area contributed by atoms with E-state index in [1.165, 1.54) is 0 Å². The van der Waals surface area contributed by atoms with Crippen molar-refractivity contribution in [2.24, 2.45) is 0 Å². The monoisotopic (exact) mass is 368 g/mol. The van der Waals surface area contributed by atoms with Crippen LogP contribution in [0.3, 0.4) is 0 Å². The smallest absolute Gasteiger partial charge is 0.207 e. The van der Waals surface area contributed by atoms with E-state index in [1.807, 2.05) is 0 Å². The first kappa shape index (κ1) is 12.4. The van der Waals surface area contributed by atoms with E-state index in [1.54, 1.807) is 0 Å². The van der Waals surface area contributed by atoms with Gasteiger partial charge < -0.3 is 0 Å². The van der Waals surface area contributed by atoms with Gasteiger partial charge in [-0.3, -0.25) is 0 Å². The van der Waals surface area contributed by atoms with Gasteiger partial charge in [0.25, 0.3) is 9.05 Å². The van der Waals surface area contributed by atoms with Crippen molar-refractivity contribution in [3.63, 3.8) is 0 Å². The molecular formula is C6HBr2ClF2O2S. The molecule has 14 heavy (non-hydrogen) atoms. The molecule has 0 fully saturated rings. The van der Waals surface area contributed by atoms with E-state index >= 15 is 0 Å². The van der Waals surface area contributed by atoms with E-state index in [0.29, 0.717) is 6.07 Å². The van der Waals surface area contributed by atoms with Gasteiger partial charge in [0.1, 0.15) is 10.7 Å². The van der Waals surface area contributed by atoms with Crippen LogP contribution in [-0.2, 0) is 9.05 Å². The van der Waals surface area contributed by atoms with E-state index in [0.717, 1.165) is 0 Å². The zero-order valence-corrected chi connectivity index (χ0v) is 10.9. The third kappa shape index (κ3) is 2.26. The van der Waals surface area contributed by atoms with Gasteiger partial charge in [0.05, 0.1) is 8.95 Å². The Morgan fingerprint density at radius 1 is 1.21 bits per heavy atom. The summed E-state index contributed by atoms with van der Waals surface area (Å²) in [5.74, 6) is -2.05. The Balaban J connectivity index is 3.66. The maximum Gasteiger partial charge on any atom is 0.264 e. The second kappa shape index (κ2) is 4.03. The van der Waals surface area contributed by atoms with Gasteiger partial charge in [-0.15, -0.1) is 0 Å². The molecule has 0 radical (unpaired) electrons. The molecular weight excluding hydrogens is 369 g/mol. The summed E-state index contributed by atoms with van der Waals surface area (Å²) >= 11 is 5.42. The van der Waals surface area contributed by atoms with Crippen molar-refractivity contribution < 1.29 is 17.2 Å². The summed E-state index contributed by atoms with van der Waals surface area (Å²) in [7, 11) is 0.601. The molecule has 0 atom stereocenters. The quantitative estimate of drug-likeness (QED) is 0.431. The van der Waals surface area contributed by atoms with Crippen LogP contribution in [0.4, 0.5) is 8.78 Å². The van der Waals surface area contributed by atoms with Gasteiger partial charge in [0, 0.05) is 10.7 Å². The minimum Gasteiger partial charge on any atom is -0.207 e. The predicted molar refractivity (Wildman–Crippen MR) is 54.8 cm³/mol. The normalized spacial score (nSPS) is 11.8. The summed E-state index contributed by atoms with van der Waals surface area (Å²) in [5, 5.41) is 0. The van der Waals surface area contributed by atoms with Gasteiger partial charge in [-0.2, -0.15) is 0 Å². The molecule has 0 aliphatic rings. The van der Waals surface area contributed by atoms with Gasteiger partial charge in [0.15, 0.2) is 5.82 Å². The number of hydrogen-bond acceptors (Lipinski definition) is 2. The lowest BCUT2D eigenvalue weighted by Crippen LogP contribution is -1.99. The van der Waals surface area contributed by atoms with Crippen LogP contribution in [0, 0.1) is 11.6 Å². The van der Waals surface area contributed by atoms with Crippen LogP contribution in [0.5, 0.6) is 0 Å². The van der Waals surface area contributed by atoms with Crippen LogP contribution in [0.15, 0.2) is 19.9 Å². The van der Waals surface area contributed by atoms with Crippen LogP contribution in [-0.4, -0.2) is 8.42 Å². The molecule has 0 N–H and O–H groups in total. The molecule has 1 aromatic carbocycles. The van der Waals surface area contributed by atoms with E-state index in [-0.39, 0.29) is 8.95 Å². The van der Waals surface area contributed by atoms with Crippen molar-refractivity contribution in [1.82, 2.24) is 0 Å². The Kier molecular flexibility index (Phi) is 3.56. The zero-order chi connectivity index (χ0) is 11.1. The molecule has 1 rings (SSSR count). The van der Waals surface area contributed by atoms with Gasteiger partial charge in [-0.05, 0) is 37.9 Å². The summed E-state index contributed by atoms with van der Waals surface area (Å²) in [6.45, 7) is 0. The Labute approximate surface area is 99.9 Å². The van der Waals surface area contributed by atoms with Gasteiger partial charge in [-0.1, -0.05) is 0 Å². The first-order valence-electron chi connectivity index (χ1n) is 3.03. The molecule has 8 heteroatoms. The Bertz CT molecular complexity index is 489. The highest BCUT2D eigenvalue weighted by atomic mass is 79.9. The van der Waals surface area contributed by atoms with Crippen LogP contribution in [0.25, 0.3) is 0 Å². The third-order valence-electron chi connectivity index (χ3n) is 1.33. The van der Waals surface area contributed by atoms with Crippen molar-refractivity contribution in [1.29, 1.82) is 0 Å². The average Bonchev–Trinajstić information content (AvgIpc) is 2.06. The second-order valence-corrected chi connectivity index (χ2v) is 6.36. The Morgan fingerprint density at radius 3 is 2.14 bits per heavy atom. The molecule has 0 saturated carbocycles. The maximum absolute atomic E-state index is 13.2. The van der Waals surface area contributed by atoms with Crippen LogP contribution in [0.2, 0.25) is 0 Å². The largest absolute Gasteiger partial charge is 0.264 e. The molecule has 0 amide bonds. The van der Waals surface area contributed by atoms with Gasteiger partial charge in [-0.25, -0.2) is 17.2 Å². The molecule has 0 spiro atoms. The van der Waals surface area contributed by atoms with E-state index in [9.17, 15) is 17.2 Å². The minimum atomic E-state index is -4.29. The predicted octanol–water partition coefficient (Wildman–Crippen LogP) is 3.42. The summed E-state index contributed by atoms with van der Waals surface area (Å²) in [6, 6.07) is 0.506. The third-order valence-corrected chi connectivity index (χ3v) is 4.71. The van der Waals surface area contributed by atoms with Crippen LogP contribution in [0.1, 0.15) is 0 Å². The van der Waals surface area contributed by atoms with Crippen molar-refractivity contribution in [3.8, 4) is 0 Å². The van der Waals surface area contributed by atoms with E-state index in [2.05, 4.69) is 31.9 Å². The fourth-order valence-electron chi connectivity index (χ4n) is 0.729. The average molecular weight is 370 g/mol. The lowest BCUT2D eigenvalue weighted by Gasteiger charge is -2.04. The Morgan fingerprint density at radius 2 is 1.71 bits per heavy atom. The van der Waals surface area contributed by atoms with Crippen molar-refractivity contribution in [3.05, 3.63) is 26.6 Å². The zero-order valence-electron chi connectivity index (χ0n) is 6.19. The topological polar surface area (TPSA) is 34.1 Å². The highest BCUT2D eigenvalue weighted by Gasteiger charge is 2.22. The molecule has 0 bridgehead atoms. The summed E-state index contributed by atoms with van der Waals surface area (Å²) in [5.41, 5.74) is 0. The van der Waals surface area contributed by atoms with Crippen LogP contribution >= 0.6 is 42.5 Å². The lowest BCUT2D eigenvalue weighted by molar-refractivity contribution is 0.550. The van der Waals surface area contributed by atoms with E-state index < -0.39 is 25.6 Å². The molecule has 0 unspecified atom stereocenters. The molecule has 0 saturated heterocycles. The summed E-state index contributed by atoms with van der Waals surface area (Å²) in [4.78, 5) is -0.897. The van der Waals surface area contributed by atoms with E-state index in [4.69, 9.17) is 10.7 Å². The Hall–Kier alpha value is 0.280. The fraction of sp³-hybridized carbons (Fsp3) is 0. The second-order valence-electron chi connectivity index (χ2n) is 2.24. The number of benzene rings is 1. The SMILES string of the molecule is O=S(=O)(Cl)c1cc(F)c(Br)c(Br)c1F. The molecule has 78 valence electrons. The number of hydrogen-bond donors (Lipinski definition) is 0. The standard InChI is InChI=1S/C6HBr2ClF2O2S/c7-4-2(10)1-3(14(9,12)13)6(11)5(4)8/h1H. The molecule has 0 aliphatic carbocycles. The molecule has 0 heterocycles. The maximum atomic E-state index is 13.2. The fourth-order valence-corrected chi connectivity index (χ4v) is 2.45. The molecule has 2 nitrogen and oxygen atoms in total. The lowest BCUT2D eigenvalue weighted by atomic mass is 10.3. The molecule has 1 aromatic rings. The summed E-state index contributed by atoms with van der Waals surface area (Å²) in [6.07, 6.45) is 0. The van der Waals surface area contributed by atoms with Crippen molar-refractivity contribution in [2.75, 3.05) is 0 Å². The first-order valence-corrected chi connectivity index (χ1v) is 6.92. The first-order chi connectivity index (χ1) is 6.25. The highest BCUT2D eigenvalue weighted by Crippen LogP contribution is 2.33. The van der Waals surface area contributed by atoms with Gasteiger partial charge in [0.2, 0.25) is 0 Å². The molecule has 0 aromatic heterocycles. The molecule has 0 aliphatic heterocycles. The van der Waals surface area contributed by atoms with Crippen molar-refractivity contribution >= 4 is 51.6 Å². The number of halogens is 5. The van der Waals surface area contributed by atoms with Crippen LogP contribution < -0.4 is 0 Å². The van der Waals surface area contributed by atoms with Gasteiger partial charge >= 0.3 is 0 Å². The van der Waals surface area contributed by atoms with Crippen molar-refractivity contribution in [2.45, 2.75) is 4.90 Å². The highest BCUT2D eigenvalue weighted by molar-refractivity contribution is 9.13. The number of rotatable bonds is 1.